The van der Waals surface area contributed by atoms with Crippen LogP contribution < -0.4 is 0 Å². The third-order valence-electron chi connectivity index (χ3n) is 3.36. The van der Waals surface area contributed by atoms with Crippen LogP contribution in [0.1, 0.15) is 11.6 Å². The topological polar surface area (TPSA) is 56.5 Å². The van der Waals surface area contributed by atoms with Crippen molar-refractivity contribution in [3.05, 3.63) is 59.6 Å². The average Bonchev–Trinajstić information content (AvgIpc) is 3.22. The molecule has 0 atom stereocenters. The molecule has 3 heterocycles. The van der Waals surface area contributed by atoms with Gasteiger partial charge in [-0.1, -0.05) is 0 Å². The Morgan fingerprint density at radius 1 is 1.17 bits per heavy atom. The van der Waals surface area contributed by atoms with Crippen LogP contribution in [0, 0.1) is 17.7 Å². The highest BCUT2D eigenvalue weighted by atomic mass is 32.1. The molecule has 0 aliphatic carbocycles. The van der Waals surface area contributed by atoms with Crippen molar-refractivity contribution in [3.63, 3.8) is 0 Å². The molecule has 0 radical (unpaired) electrons. The molecule has 7 heteroatoms. The Morgan fingerprint density at radius 3 is 2.92 bits per heavy atom. The van der Waals surface area contributed by atoms with Gasteiger partial charge in [-0.2, -0.15) is 0 Å². The summed E-state index contributed by atoms with van der Waals surface area (Å²) in [5.74, 6) is 6.52. The maximum atomic E-state index is 13.2. The average molecular weight is 335 g/mol. The predicted octanol–water partition coefficient (Wildman–Crippen LogP) is 3.03. The summed E-state index contributed by atoms with van der Waals surface area (Å²) in [6, 6.07) is 4.37. The fraction of sp³-hybridized carbons (Fsp3) is 0.0588. The van der Waals surface area contributed by atoms with E-state index < -0.39 is 0 Å². The van der Waals surface area contributed by atoms with Gasteiger partial charge in [0.05, 0.1) is 5.52 Å². The Kier molecular flexibility index (Phi) is 3.52. The number of nitrogens with zero attached hydrogens (tertiary/aromatic N) is 5. The summed E-state index contributed by atoms with van der Waals surface area (Å²) in [6.45, 7) is 0. The quantitative estimate of drug-likeness (QED) is 0.502. The fourth-order valence-electron chi connectivity index (χ4n) is 2.21. The highest BCUT2D eigenvalue weighted by Crippen LogP contribution is 2.20. The molecular weight excluding hydrogens is 325 g/mol. The van der Waals surface area contributed by atoms with E-state index in [1.165, 1.54) is 23.5 Å². The Bertz CT molecular complexity index is 1090. The SMILES string of the molecule is Cn1cc(-c2nccs2)nc1C#Cc1ncc2cc(F)ccc2n1. The second-order valence-electron chi connectivity index (χ2n) is 5.04. The van der Waals surface area contributed by atoms with Crippen LogP contribution in [0.4, 0.5) is 4.39 Å². The van der Waals surface area contributed by atoms with Crippen LogP contribution in [-0.4, -0.2) is 24.5 Å². The van der Waals surface area contributed by atoms with Crippen LogP contribution in [0.25, 0.3) is 21.6 Å². The van der Waals surface area contributed by atoms with Gasteiger partial charge in [0.15, 0.2) is 5.82 Å². The number of aryl methyl sites for hydroxylation is 1. The molecule has 0 saturated carbocycles. The van der Waals surface area contributed by atoms with Gasteiger partial charge in [0.25, 0.3) is 0 Å². The predicted molar refractivity (Wildman–Crippen MR) is 89.8 cm³/mol. The molecule has 4 rings (SSSR count). The molecule has 0 saturated heterocycles. The van der Waals surface area contributed by atoms with Crippen LogP contribution in [0.2, 0.25) is 0 Å². The van der Waals surface area contributed by atoms with Gasteiger partial charge in [-0.25, -0.2) is 24.3 Å². The number of thiazole rings is 1. The maximum absolute atomic E-state index is 13.2. The summed E-state index contributed by atoms with van der Waals surface area (Å²) in [4.78, 5) is 17.2. The molecule has 0 aliphatic rings. The number of hydrogen-bond donors (Lipinski definition) is 0. The number of halogens is 1. The first-order valence-corrected chi connectivity index (χ1v) is 7.94. The van der Waals surface area contributed by atoms with Gasteiger partial charge >= 0.3 is 0 Å². The molecule has 0 fully saturated rings. The monoisotopic (exact) mass is 335 g/mol. The minimum Gasteiger partial charge on any atom is -0.327 e. The van der Waals surface area contributed by atoms with Gasteiger partial charge in [0.2, 0.25) is 5.82 Å². The summed E-state index contributed by atoms with van der Waals surface area (Å²) in [5.41, 5.74) is 1.44. The third kappa shape index (κ3) is 2.75. The molecule has 0 spiro atoms. The summed E-state index contributed by atoms with van der Waals surface area (Å²) in [6.07, 6.45) is 5.19. The van der Waals surface area contributed by atoms with Crippen LogP contribution in [0.3, 0.4) is 0 Å². The van der Waals surface area contributed by atoms with E-state index >= 15 is 0 Å². The van der Waals surface area contributed by atoms with E-state index in [0.717, 1.165) is 10.7 Å². The molecule has 0 aliphatic heterocycles. The molecule has 0 unspecified atom stereocenters. The first kappa shape index (κ1) is 14.5. The number of benzene rings is 1. The Morgan fingerprint density at radius 2 is 2.08 bits per heavy atom. The summed E-state index contributed by atoms with van der Waals surface area (Å²) < 4.78 is 15.0. The van der Waals surface area contributed by atoms with Gasteiger partial charge in [-0.05, 0) is 30.0 Å². The van der Waals surface area contributed by atoms with Crippen LogP contribution >= 0.6 is 11.3 Å². The molecule has 0 N–H and O–H groups in total. The molecule has 116 valence electrons. The Balaban J connectivity index is 1.68. The van der Waals surface area contributed by atoms with Crippen molar-refractivity contribution in [2.45, 2.75) is 0 Å². The molecule has 3 aromatic heterocycles. The van der Waals surface area contributed by atoms with Crippen molar-refractivity contribution in [1.29, 1.82) is 0 Å². The lowest BCUT2D eigenvalue weighted by Gasteiger charge is -1.96. The zero-order valence-corrected chi connectivity index (χ0v) is 13.4. The zero-order valence-electron chi connectivity index (χ0n) is 12.6. The third-order valence-corrected chi connectivity index (χ3v) is 4.15. The number of hydrogen-bond acceptors (Lipinski definition) is 5. The molecular formula is C17H10FN5S. The van der Waals surface area contributed by atoms with Crippen molar-refractivity contribution in [2.75, 3.05) is 0 Å². The maximum Gasteiger partial charge on any atom is 0.205 e. The van der Waals surface area contributed by atoms with E-state index in [1.807, 2.05) is 23.2 Å². The fourth-order valence-corrected chi connectivity index (χ4v) is 2.80. The van der Waals surface area contributed by atoms with E-state index in [4.69, 9.17) is 0 Å². The minimum absolute atomic E-state index is 0.312. The van der Waals surface area contributed by atoms with E-state index in [9.17, 15) is 4.39 Å². The zero-order chi connectivity index (χ0) is 16.5. The van der Waals surface area contributed by atoms with Gasteiger partial charge in [-0.3, -0.25) is 0 Å². The van der Waals surface area contributed by atoms with Crippen molar-refractivity contribution >= 4 is 22.2 Å². The second kappa shape index (κ2) is 5.83. The normalized spacial score (nSPS) is 10.6. The number of aromatic nitrogens is 5. The summed E-state index contributed by atoms with van der Waals surface area (Å²) in [5, 5.41) is 3.40. The number of imidazole rings is 1. The first-order chi connectivity index (χ1) is 11.7. The smallest absolute Gasteiger partial charge is 0.205 e. The lowest BCUT2D eigenvalue weighted by Crippen LogP contribution is -1.93. The Labute approximate surface area is 140 Å². The Hall–Kier alpha value is -3.11. The lowest BCUT2D eigenvalue weighted by molar-refractivity contribution is 0.629. The second-order valence-corrected chi connectivity index (χ2v) is 5.94. The standard InChI is InChI=1S/C17H10FN5S/c1-23-10-14(17-19-6-7-24-17)22-16(23)5-4-15-20-9-11-8-12(18)2-3-13(11)21-15/h2-3,6-10H,1H3. The molecule has 5 nitrogen and oxygen atoms in total. The van der Waals surface area contributed by atoms with Gasteiger partial charge in [0.1, 0.15) is 16.5 Å². The molecule has 4 aromatic rings. The van der Waals surface area contributed by atoms with Crippen LogP contribution in [0.15, 0.2) is 42.2 Å². The number of rotatable bonds is 1. The first-order valence-electron chi connectivity index (χ1n) is 7.06. The lowest BCUT2D eigenvalue weighted by atomic mass is 10.2. The summed E-state index contributed by atoms with van der Waals surface area (Å²) in [7, 11) is 1.87. The van der Waals surface area contributed by atoms with Crippen LogP contribution in [0.5, 0.6) is 0 Å². The van der Waals surface area contributed by atoms with Crippen molar-refractivity contribution in [3.8, 4) is 22.5 Å². The molecule has 0 amide bonds. The minimum atomic E-state index is -0.312. The van der Waals surface area contributed by atoms with E-state index in [1.54, 1.807) is 18.5 Å². The summed E-state index contributed by atoms with van der Waals surface area (Å²) >= 11 is 1.52. The molecule has 24 heavy (non-hydrogen) atoms. The van der Waals surface area contributed by atoms with Gasteiger partial charge < -0.3 is 4.57 Å². The highest BCUT2D eigenvalue weighted by Gasteiger charge is 2.07. The number of fused-ring (bicyclic) bond motifs is 1. The van der Waals surface area contributed by atoms with Crippen molar-refractivity contribution < 1.29 is 4.39 Å². The largest absolute Gasteiger partial charge is 0.327 e. The van der Waals surface area contributed by atoms with Crippen LogP contribution in [-0.2, 0) is 7.05 Å². The molecule has 1 aromatic carbocycles. The van der Waals surface area contributed by atoms with Gasteiger partial charge in [0, 0.05) is 36.4 Å². The molecule has 0 bridgehead atoms. The van der Waals surface area contributed by atoms with Crippen molar-refractivity contribution in [2.24, 2.45) is 7.05 Å². The van der Waals surface area contributed by atoms with E-state index in [0.29, 0.717) is 22.6 Å². The van der Waals surface area contributed by atoms with E-state index in [-0.39, 0.29) is 5.82 Å². The highest BCUT2D eigenvalue weighted by molar-refractivity contribution is 7.13. The van der Waals surface area contributed by atoms with Gasteiger partial charge in [-0.15, -0.1) is 11.3 Å². The van der Waals surface area contributed by atoms with E-state index in [2.05, 4.69) is 31.8 Å². The van der Waals surface area contributed by atoms with Crippen molar-refractivity contribution in [1.82, 2.24) is 24.5 Å².